The van der Waals surface area contributed by atoms with Crippen LogP contribution in [0, 0.1) is 0 Å². The Kier molecular flexibility index (Phi) is 6.10. The minimum absolute atomic E-state index is 0.734. The van der Waals surface area contributed by atoms with E-state index in [4.69, 9.17) is 5.11 Å². The van der Waals surface area contributed by atoms with Gasteiger partial charge < -0.3 is 16.2 Å². The molecule has 0 saturated carbocycles. The van der Waals surface area contributed by atoms with Gasteiger partial charge in [0.05, 0.1) is 5.75 Å². The maximum absolute atomic E-state index is 11.8. The minimum atomic E-state index is -4.21. The van der Waals surface area contributed by atoms with E-state index in [1.165, 1.54) is 0 Å². The van der Waals surface area contributed by atoms with Gasteiger partial charge in [-0.3, -0.25) is 14.9 Å². The molecule has 0 aliphatic heterocycles. The number of urea groups is 1. The number of amides is 4. The predicted octanol–water partition coefficient (Wildman–Crippen LogP) is -2.43. The molecule has 0 aromatic rings. The number of primary amides is 1. The van der Waals surface area contributed by atoms with Crippen molar-refractivity contribution in [2.45, 2.75) is 25.1 Å². The molecular formula is C9H15N3O7S. The number of hydrogen-bond donors (Lipinski definition) is 4. The molecule has 10 nitrogen and oxygen atoms in total. The zero-order chi connectivity index (χ0) is 16.1. The van der Waals surface area contributed by atoms with E-state index >= 15 is 0 Å². The van der Waals surface area contributed by atoms with E-state index in [9.17, 15) is 27.6 Å². The van der Waals surface area contributed by atoms with Gasteiger partial charge in [0, 0.05) is 6.92 Å². The molecule has 0 aromatic carbocycles. The summed E-state index contributed by atoms with van der Waals surface area (Å²) in [7, 11) is -4.21. The zero-order valence-corrected chi connectivity index (χ0v) is 11.6. The van der Waals surface area contributed by atoms with Crippen LogP contribution in [0.2, 0.25) is 0 Å². The van der Waals surface area contributed by atoms with Crippen LogP contribution < -0.4 is 16.4 Å². The van der Waals surface area contributed by atoms with Crippen LogP contribution in [0.25, 0.3) is 0 Å². The van der Waals surface area contributed by atoms with Crippen LogP contribution in [-0.2, 0) is 24.2 Å². The minimum Gasteiger partial charge on any atom is -0.480 e. The van der Waals surface area contributed by atoms with E-state index in [2.05, 4.69) is 5.73 Å². The van der Waals surface area contributed by atoms with Gasteiger partial charge in [0.2, 0.25) is 11.8 Å². The van der Waals surface area contributed by atoms with Gasteiger partial charge in [-0.05, 0) is 6.92 Å². The van der Waals surface area contributed by atoms with Gasteiger partial charge >= 0.3 is 12.0 Å². The first-order valence-electron chi connectivity index (χ1n) is 5.29. The number of carboxylic acids is 1. The number of nitrogens with one attached hydrogen (secondary N) is 2. The summed E-state index contributed by atoms with van der Waals surface area (Å²) in [5, 5.41) is 10.6. The second-order valence-electron chi connectivity index (χ2n) is 3.92. The highest BCUT2D eigenvalue weighted by Crippen LogP contribution is 2.05. The molecule has 5 N–H and O–H groups in total. The number of nitrogens with two attached hydrogens (primary N) is 1. The van der Waals surface area contributed by atoms with E-state index in [1.807, 2.05) is 5.32 Å². The number of aliphatic carboxylic acids is 1. The fraction of sp³-hybridized carbons (Fsp3) is 0.556. The SMILES string of the molecule is CC(=O)NC(CS(=O)(=O)C(C)C(=O)NC(N)=O)C(=O)O. The fourth-order valence-corrected chi connectivity index (χ4v) is 2.55. The van der Waals surface area contributed by atoms with Crippen LogP contribution in [0.5, 0.6) is 0 Å². The highest BCUT2D eigenvalue weighted by atomic mass is 32.2. The van der Waals surface area contributed by atoms with Crippen molar-refractivity contribution < 1.29 is 32.7 Å². The van der Waals surface area contributed by atoms with E-state index in [-0.39, 0.29) is 0 Å². The smallest absolute Gasteiger partial charge is 0.327 e. The van der Waals surface area contributed by atoms with Crippen molar-refractivity contribution in [3.8, 4) is 0 Å². The van der Waals surface area contributed by atoms with Gasteiger partial charge in [-0.1, -0.05) is 0 Å². The Morgan fingerprint density at radius 3 is 2.10 bits per heavy atom. The first kappa shape index (κ1) is 17.8. The van der Waals surface area contributed by atoms with E-state index in [0.29, 0.717) is 0 Å². The number of hydrogen-bond acceptors (Lipinski definition) is 6. The zero-order valence-electron chi connectivity index (χ0n) is 10.7. The Morgan fingerprint density at radius 2 is 1.75 bits per heavy atom. The molecule has 2 atom stereocenters. The fourth-order valence-electron chi connectivity index (χ4n) is 1.18. The summed E-state index contributed by atoms with van der Waals surface area (Å²) >= 11 is 0. The summed E-state index contributed by atoms with van der Waals surface area (Å²) in [6, 6.07) is -2.92. The quantitative estimate of drug-likeness (QED) is 0.422. The van der Waals surface area contributed by atoms with Crippen LogP contribution >= 0.6 is 0 Å². The van der Waals surface area contributed by atoms with Crippen molar-refractivity contribution in [1.82, 2.24) is 10.6 Å². The molecule has 0 aromatic heterocycles. The monoisotopic (exact) mass is 309 g/mol. The lowest BCUT2D eigenvalue weighted by Crippen LogP contribution is -2.49. The van der Waals surface area contributed by atoms with Crippen LogP contribution in [0.4, 0.5) is 4.79 Å². The molecule has 0 bridgehead atoms. The van der Waals surface area contributed by atoms with Gasteiger partial charge in [-0.15, -0.1) is 0 Å². The molecule has 114 valence electrons. The maximum Gasteiger partial charge on any atom is 0.327 e. The standard InChI is InChI=1S/C9H15N3O7S/c1-4(7(14)12-9(10)17)20(18,19)3-6(8(15)16)11-5(2)13/h4,6H,3H2,1-2H3,(H,11,13)(H,15,16)(H3,10,12,14,17). The second kappa shape index (κ2) is 6.84. The highest BCUT2D eigenvalue weighted by molar-refractivity contribution is 7.92. The molecule has 2 unspecified atom stereocenters. The maximum atomic E-state index is 11.8. The number of carbonyl (C=O) groups is 4. The Balaban J connectivity index is 5.03. The summed E-state index contributed by atoms with van der Waals surface area (Å²) in [6.07, 6.45) is 0. The second-order valence-corrected chi connectivity index (χ2v) is 6.28. The highest BCUT2D eigenvalue weighted by Gasteiger charge is 2.34. The molecule has 4 amide bonds. The Hall–Kier alpha value is -2.17. The normalized spacial score (nSPS) is 13.9. The van der Waals surface area contributed by atoms with Crippen molar-refractivity contribution >= 4 is 33.7 Å². The summed E-state index contributed by atoms with van der Waals surface area (Å²) in [6.45, 7) is 1.99. The van der Waals surface area contributed by atoms with Crippen molar-refractivity contribution in [3.63, 3.8) is 0 Å². The van der Waals surface area contributed by atoms with E-state index in [1.54, 1.807) is 5.32 Å². The van der Waals surface area contributed by atoms with Gasteiger partial charge in [-0.2, -0.15) is 0 Å². The molecule has 0 fully saturated rings. The van der Waals surface area contributed by atoms with Crippen LogP contribution in [0.15, 0.2) is 0 Å². The van der Waals surface area contributed by atoms with Crippen LogP contribution in [0.3, 0.4) is 0 Å². The van der Waals surface area contributed by atoms with E-state index in [0.717, 1.165) is 13.8 Å². The number of sulfone groups is 1. The summed E-state index contributed by atoms with van der Waals surface area (Å²) in [5.74, 6) is -4.47. The molecule has 0 aliphatic rings. The largest absolute Gasteiger partial charge is 0.480 e. The third-order valence-electron chi connectivity index (χ3n) is 2.23. The first-order valence-corrected chi connectivity index (χ1v) is 7.00. The summed E-state index contributed by atoms with van der Waals surface area (Å²) < 4.78 is 23.6. The molecule has 0 heterocycles. The molecular weight excluding hydrogens is 294 g/mol. The Morgan fingerprint density at radius 1 is 1.25 bits per heavy atom. The van der Waals surface area contributed by atoms with Crippen LogP contribution in [-0.4, -0.2) is 54.4 Å². The summed E-state index contributed by atoms with van der Waals surface area (Å²) in [4.78, 5) is 43.4. The molecule has 0 rings (SSSR count). The number of rotatable bonds is 6. The molecule has 0 saturated heterocycles. The molecule has 0 spiro atoms. The third-order valence-corrected chi connectivity index (χ3v) is 4.32. The van der Waals surface area contributed by atoms with Crippen LogP contribution in [0.1, 0.15) is 13.8 Å². The van der Waals surface area contributed by atoms with Gasteiger partial charge in [0.1, 0.15) is 11.3 Å². The lowest BCUT2D eigenvalue weighted by atomic mass is 10.3. The van der Waals surface area contributed by atoms with Crippen molar-refractivity contribution in [1.29, 1.82) is 0 Å². The van der Waals surface area contributed by atoms with Gasteiger partial charge in [0.15, 0.2) is 9.84 Å². The van der Waals surface area contributed by atoms with Gasteiger partial charge in [-0.25, -0.2) is 18.0 Å². The lowest BCUT2D eigenvalue weighted by Gasteiger charge is -2.16. The predicted molar refractivity (Wildman–Crippen MR) is 66.2 cm³/mol. The Labute approximate surface area is 114 Å². The molecule has 20 heavy (non-hydrogen) atoms. The van der Waals surface area contributed by atoms with E-state index < -0.39 is 50.7 Å². The van der Waals surface area contributed by atoms with Gasteiger partial charge in [0.25, 0.3) is 0 Å². The Bertz CT molecular complexity index is 528. The van der Waals surface area contributed by atoms with Crippen molar-refractivity contribution in [2.75, 3.05) is 5.75 Å². The molecule has 11 heteroatoms. The average Bonchev–Trinajstić information content (AvgIpc) is 2.24. The van der Waals surface area contributed by atoms with Crippen molar-refractivity contribution in [3.05, 3.63) is 0 Å². The lowest BCUT2D eigenvalue weighted by molar-refractivity contribution is -0.140. The molecule has 0 aliphatic carbocycles. The number of imide groups is 1. The van der Waals surface area contributed by atoms with Crippen molar-refractivity contribution in [2.24, 2.45) is 5.73 Å². The average molecular weight is 309 g/mol. The summed E-state index contributed by atoms with van der Waals surface area (Å²) in [5.41, 5.74) is 4.67. The number of carboxylic acid groups (broad SMARTS) is 1. The number of carbonyl (C=O) groups excluding carboxylic acids is 3. The molecule has 0 radical (unpaired) electrons. The third kappa shape index (κ3) is 5.65. The topological polar surface area (TPSA) is 173 Å². The first-order chi connectivity index (χ1) is 8.97.